The lowest BCUT2D eigenvalue weighted by Gasteiger charge is -2.32. The van der Waals surface area contributed by atoms with Crippen LogP contribution in [-0.4, -0.2) is 50.1 Å². The molecule has 1 aliphatic heterocycles. The van der Waals surface area contributed by atoms with Gasteiger partial charge in [-0.15, -0.1) is 0 Å². The first kappa shape index (κ1) is 20.2. The summed E-state index contributed by atoms with van der Waals surface area (Å²) in [6.07, 6.45) is 1.59. The van der Waals surface area contributed by atoms with Crippen LogP contribution in [0.1, 0.15) is 32.3 Å². The molecule has 0 amide bonds. The second kappa shape index (κ2) is 9.54. The number of piperidine rings is 1. The van der Waals surface area contributed by atoms with E-state index >= 15 is 0 Å². The monoisotopic (exact) mass is 430 g/mol. The van der Waals surface area contributed by atoms with Crippen molar-refractivity contribution in [1.29, 1.82) is 0 Å². The Kier molecular flexibility index (Phi) is 7.71. The van der Waals surface area contributed by atoms with Crippen molar-refractivity contribution in [2.45, 2.75) is 39.3 Å². The van der Waals surface area contributed by atoms with Crippen molar-refractivity contribution >= 4 is 31.9 Å². The van der Waals surface area contributed by atoms with Gasteiger partial charge in [0.15, 0.2) is 5.96 Å². The van der Waals surface area contributed by atoms with Crippen LogP contribution in [0.3, 0.4) is 0 Å². The molecule has 25 heavy (non-hydrogen) atoms. The van der Waals surface area contributed by atoms with Gasteiger partial charge in [0.25, 0.3) is 0 Å². The SMILES string of the molecule is CCNC(=NCc1ccc(Br)cc1)NC1CCN(S(=O)(=O)CC)CC1. The lowest BCUT2D eigenvalue weighted by molar-refractivity contribution is 0.306. The predicted octanol–water partition coefficient (Wildman–Crippen LogP) is 2.32. The first-order valence-corrected chi connectivity index (χ1v) is 11.1. The Morgan fingerprint density at radius 1 is 1.24 bits per heavy atom. The summed E-state index contributed by atoms with van der Waals surface area (Å²) in [6.45, 7) is 6.26. The Labute approximate surface area is 159 Å². The fourth-order valence-electron chi connectivity index (χ4n) is 2.73. The van der Waals surface area contributed by atoms with E-state index in [0.29, 0.717) is 19.6 Å². The fraction of sp³-hybridized carbons (Fsp3) is 0.588. The molecule has 1 heterocycles. The van der Waals surface area contributed by atoms with Crippen LogP contribution in [0.25, 0.3) is 0 Å². The number of sulfonamides is 1. The number of guanidine groups is 1. The molecule has 0 spiro atoms. The minimum absolute atomic E-state index is 0.169. The highest BCUT2D eigenvalue weighted by Crippen LogP contribution is 2.15. The quantitative estimate of drug-likeness (QED) is 0.536. The van der Waals surface area contributed by atoms with Gasteiger partial charge in [-0.2, -0.15) is 0 Å². The Morgan fingerprint density at radius 3 is 2.44 bits per heavy atom. The highest BCUT2D eigenvalue weighted by molar-refractivity contribution is 9.10. The molecule has 0 aromatic heterocycles. The van der Waals surface area contributed by atoms with E-state index in [-0.39, 0.29) is 11.8 Å². The number of benzene rings is 1. The second-order valence-corrected chi connectivity index (χ2v) is 9.21. The molecule has 0 radical (unpaired) electrons. The van der Waals surface area contributed by atoms with Gasteiger partial charge in [0.1, 0.15) is 0 Å². The molecule has 1 aromatic carbocycles. The van der Waals surface area contributed by atoms with E-state index in [1.54, 1.807) is 11.2 Å². The van der Waals surface area contributed by atoms with E-state index in [1.165, 1.54) is 0 Å². The van der Waals surface area contributed by atoms with Gasteiger partial charge < -0.3 is 10.6 Å². The smallest absolute Gasteiger partial charge is 0.213 e. The minimum Gasteiger partial charge on any atom is -0.357 e. The number of nitrogens with zero attached hydrogens (tertiary/aromatic N) is 2. The maximum absolute atomic E-state index is 11.9. The third-order valence-corrected chi connectivity index (χ3v) is 6.64. The number of hydrogen-bond donors (Lipinski definition) is 2. The van der Waals surface area contributed by atoms with Gasteiger partial charge in [-0.05, 0) is 44.4 Å². The molecule has 0 saturated carbocycles. The van der Waals surface area contributed by atoms with Crippen LogP contribution in [0.15, 0.2) is 33.7 Å². The normalized spacial score (nSPS) is 17.5. The molecule has 1 aliphatic rings. The average molecular weight is 431 g/mol. The van der Waals surface area contributed by atoms with Crippen molar-refractivity contribution in [2.24, 2.45) is 4.99 Å². The summed E-state index contributed by atoms with van der Waals surface area (Å²) in [5.41, 5.74) is 1.14. The molecule has 1 fully saturated rings. The van der Waals surface area contributed by atoms with Gasteiger partial charge in [-0.3, -0.25) is 0 Å². The van der Waals surface area contributed by atoms with Crippen LogP contribution in [0.5, 0.6) is 0 Å². The van der Waals surface area contributed by atoms with Crippen molar-refractivity contribution in [3.8, 4) is 0 Å². The number of hydrogen-bond acceptors (Lipinski definition) is 3. The largest absolute Gasteiger partial charge is 0.357 e. The molecule has 2 rings (SSSR count). The predicted molar refractivity (Wildman–Crippen MR) is 106 cm³/mol. The molecule has 140 valence electrons. The number of rotatable bonds is 6. The van der Waals surface area contributed by atoms with Crippen LogP contribution >= 0.6 is 15.9 Å². The summed E-state index contributed by atoms with van der Waals surface area (Å²) in [5.74, 6) is 0.949. The zero-order valence-electron chi connectivity index (χ0n) is 14.8. The molecule has 1 saturated heterocycles. The van der Waals surface area contributed by atoms with Gasteiger partial charge in [-0.25, -0.2) is 17.7 Å². The fourth-order valence-corrected chi connectivity index (χ4v) is 4.13. The third-order valence-electron chi connectivity index (χ3n) is 4.23. The van der Waals surface area contributed by atoms with Crippen molar-refractivity contribution < 1.29 is 8.42 Å². The van der Waals surface area contributed by atoms with Crippen molar-refractivity contribution in [2.75, 3.05) is 25.4 Å². The van der Waals surface area contributed by atoms with E-state index < -0.39 is 10.0 Å². The molecule has 0 bridgehead atoms. The number of aliphatic imine (C=N–C) groups is 1. The molecule has 2 N–H and O–H groups in total. The minimum atomic E-state index is -3.08. The first-order valence-electron chi connectivity index (χ1n) is 8.71. The summed E-state index contributed by atoms with van der Waals surface area (Å²) < 4.78 is 26.5. The maximum atomic E-state index is 11.9. The first-order chi connectivity index (χ1) is 11.9. The third kappa shape index (κ3) is 6.27. The summed E-state index contributed by atoms with van der Waals surface area (Å²) >= 11 is 3.43. The Morgan fingerprint density at radius 2 is 1.88 bits per heavy atom. The topological polar surface area (TPSA) is 73.8 Å². The van der Waals surface area contributed by atoms with E-state index in [9.17, 15) is 8.42 Å². The molecule has 8 heteroatoms. The lowest BCUT2D eigenvalue weighted by Crippen LogP contribution is -2.50. The zero-order chi connectivity index (χ0) is 18.3. The molecular weight excluding hydrogens is 404 g/mol. The van der Waals surface area contributed by atoms with Crippen molar-refractivity contribution in [3.63, 3.8) is 0 Å². The van der Waals surface area contributed by atoms with Gasteiger partial charge in [0, 0.05) is 30.1 Å². The van der Waals surface area contributed by atoms with Crippen molar-refractivity contribution in [1.82, 2.24) is 14.9 Å². The van der Waals surface area contributed by atoms with Crippen LogP contribution in [-0.2, 0) is 16.6 Å². The van der Waals surface area contributed by atoms with E-state index in [4.69, 9.17) is 0 Å². The molecular formula is C17H27BrN4O2S. The highest BCUT2D eigenvalue weighted by atomic mass is 79.9. The number of nitrogens with one attached hydrogen (secondary N) is 2. The van der Waals surface area contributed by atoms with Crippen LogP contribution in [0.2, 0.25) is 0 Å². The Bertz CT molecular complexity index is 668. The van der Waals surface area contributed by atoms with E-state index in [1.807, 2.05) is 31.2 Å². The van der Waals surface area contributed by atoms with Crippen LogP contribution < -0.4 is 10.6 Å². The molecule has 1 aromatic rings. The van der Waals surface area contributed by atoms with Crippen LogP contribution in [0.4, 0.5) is 0 Å². The Balaban J connectivity index is 1.91. The number of halogens is 1. The second-order valence-electron chi connectivity index (χ2n) is 6.04. The average Bonchev–Trinajstić information content (AvgIpc) is 2.61. The summed E-state index contributed by atoms with van der Waals surface area (Å²) in [6, 6.07) is 8.35. The lowest BCUT2D eigenvalue weighted by atomic mass is 10.1. The van der Waals surface area contributed by atoms with Gasteiger partial charge in [-0.1, -0.05) is 28.1 Å². The van der Waals surface area contributed by atoms with Gasteiger partial charge >= 0.3 is 0 Å². The zero-order valence-corrected chi connectivity index (χ0v) is 17.2. The molecule has 6 nitrogen and oxygen atoms in total. The summed E-state index contributed by atoms with van der Waals surface area (Å²) in [4.78, 5) is 4.64. The standard InChI is InChI=1S/C17H27BrN4O2S/c1-3-19-17(20-13-14-5-7-15(18)8-6-14)21-16-9-11-22(12-10-16)25(23,24)4-2/h5-8,16H,3-4,9-13H2,1-2H3,(H2,19,20,21). The van der Waals surface area contributed by atoms with Crippen LogP contribution in [0, 0.1) is 0 Å². The van der Waals surface area contributed by atoms with E-state index in [2.05, 4.69) is 31.6 Å². The van der Waals surface area contributed by atoms with Gasteiger partial charge in [0.2, 0.25) is 10.0 Å². The van der Waals surface area contributed by atoms with Crippen molar-refractivity contribution in [3.05, 3.63) is 34.3 Å². The molecule has 0 aliphatic carbocycles. The molecule has 0 unspecified atom stereocenters. The van der Waals surface area contributed by atoms with Gasteiger partial charge in [0.05, 0.1) is 12.3 Å². The summed E-state index contributed by atoms with van der Waals surface area (Å²) in [7, 11) is -3.08. The molecule has 0 atom stereocenters. The maximum Gasteiger partial charge on any atom is 0.213 e. The van der Waals surface area contributed by atoms with E-state index in [0.717, 1.165) is 35.4 Å². The summed E-state index contributed by atoms with van der Waals surface area (Å²) in [5, 5.41) is 6.70. The Hall–Kier alpha value is -1.12. The highest BCUT2D eigenvalue weighted by Gasteiger charge is 2.26.